The van der Waals surface area contributed by atoms with Crippen LogP contribution in [0.2, 0.25) is 5.15 Å². The number of ether oxygens (including phenoxy) is 1. The van der Waals surface area contributed by atoms with Gasteiger partial charge in [0.05, 0.1) is 0 Å². The lowest BCUT2D eigenvalue weighted by molar-refractivity contribution is 0.178. The van der Waals surface area contributed by atoms with Crippen LogP contribution in [0.4, 0.5) is 5.82 Å². The maximum Gasteiger partial charge on any atom is 0.158 e. The number of nitrogens with one attached hydrogen (secondary N) is 1. The van der Waals surface area contributed by atoms with Crippen LogP contribution in [0.15, 0.2) is 18.7 Å². The Balaban J connectivity index is 2.65. The van der Waals surface area contributed by atoms with Gasteiger partial charge in [0.2, 0.25) is 0 Å². The maximum absolute atomic E-state index is 5.83. The fourth-order valence-corrected chi connectivity index (χ4v) is 1.25. The van der Waals surface area contributed by atoms with E-state index in [1.165, 1.54) is 0 Å². The SMILES string of the molecule is C=CCCNc1cc(Cl)nc(COC)n1. The molecule has 0 unspecified atom stereocenters. The van der Waals surface area contributed by atoms with Gasteiger partial charge in [-0.3, -0.25) is 0 Å². The predicted octanol–water partition coefficient (Wildman–Crippen LogP) is 2.26. The number of hydrogen-bond acceptors (Lipinski definition) is 4. The molecular weight excluding hydrogens is 214 g/mol. The molecule has 82 valence electrons. The van der Waals surface area contributed by atoms with Gasteiger partial charge in [-0.25, -0.2) is 9.97 Å². The van der Waals surface area contributed by atoms with E-state index in [4.69, 9.17) is 16.3 Å². The summed E-state index contributed by atoms with van der Waals surface area (Å²) in [6, 6.07) is 1.68. The summed E-state index contributed by atoms with van der Waals surface area (Å²) >= 11 is 5.83. The van der Waals surface area contributed by atoms with E-state index in [-0.39, 0.29) is 0 Å². The summed E-state index contributed by atoms with van der Waals surface area (Å²) < 4.78 is 4.94. The first-order valence-electron chi connectivity index (χ1n) is 4.63. The van der Waals surface area contributed by atoms with E-state index in [2.05, 4.69) is 21.9 Å². The van der Waals surface area contributed by atoms with E-state index in [1.54, 1.807) is 13.2 Å². The molecule has 0 amide bonds. The zero-order valence-corrected chi connectivity index (χ0v) is 9.42. The molecule has 0 spiro atoms. The minimum absolute atomic E-state index is 0.358. The molecule has 1 rings (SSSR count). The second-order valence-corrected chi connectivity index (χ2v) is 3.32. The molecule has 15 heavy (non-hydrogen) atoms. The fraction of sp³-hybridized carbons (Fsp3) is 0.400. The Morgan fingerprint density at radius 3 is 3.07 bits per heavy atom. The van der Waals surface area contributed by atoms with Crippen LogP contribution in [0.25, 0.3) is 0 Å². The zero-order chi connectivity index (χ0) is 11.1. The van der Waals surface area contributed by atoms with E-state index in [0.717, 1.165) is 13.0 Å². The number of aromatic nitrogens is 2. The standard InChI is InChI=1S/C10H14ClN3O/c1-3-4-5-12-9-6-8(11)13-10(14-9)7-15-2/h3,6H,1,4-5,7H2,2H3,(H,12,13,14). The second-order valence-electron chi connectivity index (χ2n) is 2.93. The molecule has 0 atom stereocenters. The average Bonchev–Trinajstić information content (AvgIpc) is 2.18. The van der Waals surface area contributed by atoms with E-state index >= 15 is 0 Å². The third kappa shape index (κ3) is 4.27. The summed E-state index contributed by atoms with van der Waals surface area (Å²) in [6.45, 7) is 4.78. The van der Waals surface area contributed by atoms with Crippen LogP contribution in [0.1, 0.15) is 12.2 Å². The van der Waals surface area contributed by atoms with Crippen LogP contribution >= 0.6 is 11.6 Å². The van der Waals surface area contributed by atoms with Crippen molar-refractivity contribution < 1.29 is 4.74 Å². The number of rotatable bonds is 6. The summed E-state index contributed by atoms with van der Waals surface area (Å²) in [6.07, 6.45) is 2.72. The first-order chi connectivity index (χ1) is 7.26. The summed E-state index contributed by atoms with van der Waals surface area (Å²) in [5.74, 6) is 1.29. The monoisotopic (exact) mass is 227 g/mol. The molecule has 0 bridgehead atoms. The van der Waals surface area contributed by atoms with E-state index in [9.17, 15) is 0 Å². The highest BCUT2D eigenvalue weighted by molar-refractivity contribution is 6.29. The minimum Gasteiger partial charge on any atom is -0.377 e. The lowest BCUT2D eigenvalue weighted by atomic mass is 10.4. The third-order valence-corrected chi connectivity index (χ3v) is 1.86. The van der Waals surface area contributed by atoms with Crippen molar-refractivity contribution in [1.82, 2.24) is 9.97 Å². The summed E-state index contributed by atoms with van der Waals surface area (Å²) in [5, 5.41) is 3.54. The van der Waals surface area contributed by atoms with Gasteiger partial charge >= 0.3 is 0 Å². The molecule has 1 aromatic rings. The molecule has 0 aromatic carbocycles. The Labute approximate surface area is 94.3 Å². The summed E-state index contributed by atoms with van der Waals surface area (Å²) in [5.41, 5.74) is 0. The topological polar surface area (TPSA) is 47.0 Å². The van der Waals surface area contributed by atoms with E-state index in [1.807, 2.05) is 6.08 Å². The molecule has 0 fully saturated rings. The molecule has 0 saturated heterocycles. The lowest BCUT2D eigenvalue weighted by Crippen LogP contribution is -2.06. The van der Waals surface area contributed by atoms with Crippen LogP contribution in [0.5, 0.6) is 0 Å². The Morgan fingerprint density at radius 2 is 2.40 bits per heavy atom. The van der Waals surface area contributed by atoms with Crippen LogP contribution in [0, 0.1) is 0 Å². The number of anilines is 1. The molecule has 4 nitrogen and oxygen atoms in total. The molecule has 1 heterocycles. The quantitative estimate of drug-likeness (QED) is 0.460. The van der Waals surface area contributed by atoms with Crippen LogP contribution in [0.3, 0.4) is 0 Å². The van der Waals surface area contributed by atoms with Gasteiger partial charge in [-0.05, 0) is 6.42 Å². The first-order valence-corrected chi connectivity index (χ1v) is 5.01. The number of nitrogens with zero attached hydrogens (tertiary/aromatic N) is 2. The first kappa shape index (κ1) is 11.9. The van der Waals surface area contributed by atoms with Gasteiger partial charge in [-0.2, -0.15) is 0 Å². The van der Waals surface area contributed by atoms with Gasteiger partial charge < -0.3 is 10.1 Å². The van der Waals surface area contributed by atoms with Crippen molar-refractivity contribution in [3.05, 3.63) is 29.7 Å². The largest absolute Gasteiger partial charge is 0.377 e. The average molecular weight is 228 g/mol. The van der Waals surface area contributed by atoms with Crippen molar-refractivity contribution in [2.75, 3.05) is 19.0 Å². The van der Waals surface area contributed by atoms with Crippen molar-refractivity contribution in [3.8, 4) is 0 Å². The molecule has 0 aliphatic carbocycles. The highest BCUT2D eigenvalue weighted by Crippen LogP contribution is 2.11. The normalized spacial score (nSPS) is 10.0. The van der Waals surface area contributed by atoms with Gasteiger partial charge in [-0.15, -0.1) is 6.58 Å². The van der Waals surface area contributed by atoms with Gasteiger partial charge in [-0.1, -0.05) is 17.7 Å². The number of methoxy groups -OCH3 is 1. The molecular formula is C10H14ClN3O. The summed E-state index contributed by atoms with van der Waals surface area (Å²) in [4.78, 5) is 8.25. The predicted molar refractivity (Wildman–Crippen MR) is 61.1 cm³/mol. The lowest BCUT2D eigenvalue weighted by Gasteiger charge is -2.06. The Bertz CT molecular complexity index is 330. The van der Waals surface area contributed by atoms with Crippen molar-refractivity contribution in [3.63, 3.8) is 0 Å². The van der Waals surface area contributed by atoms with Gasteiger partial charge in [0, 0.05) is 19.7 Å². The number of halogens is 1. The van der Waals surface area contributed by atoms with Crippen LogP contribution in [-0.2, 0) is 11.3 Å². The highest BCUT2D eigenvalue weighted by atomic mass is 35.5. The molecule has 0 aliphatic heterocycles. The Morgan fingerprint density at radius 1 is 1.60 bits per heavy atom. The van der Waals surface area contributed by atoms with Crippen LogP contribution < -0.4 is 5.32 Å². The van der Waals surface area contributed by atoms with E-state index < -0.39 is 0 Å². The molecule has 0 saturated carbocycles. The maximum atomic E-state index is 5.83. The van der Waals surface area contributed by atoms with Crippen LogP contribution in [-0.4, -0.2) is 23.6 Å². The Kier molecular flexibility index (Phi) is 5.07. The second kappa shape index (κ2) is 6.37. The molecule has 0 aliphatic rings. The highest BCUT2D eigenvalue weighted by Gasteiger charge is 2.02. The molecule has 5 heteroatoms. The molecule has 0 radical (unpaired) electrons. The molecule has 1 N–H and O–H groups in total. The van der Waals surface area contributed by atoms with Crippen molar-refractivity contribution in [1.29, 1.82) is 0 Å². The zero-order valence-electron chi connectivity index (χ0n) is 8.66. The minimum atomic E-state index is 0.358. The molecule has 1 aromatic heterocycles. The van der Waals surface area contributed by atoms with Crippen molar-refractivity contribution in [2.24, 2.45) is 0 Å². The summed E-state index contributed by atoms with van der Waals surface area (Å²) in [7, 11) is 1.59. The smallest absolute Gasteiger partial charge is 0.158 e. The van der Waals surface area contributed by atoms with E-state index in [0.29, 0.717) is 23.4 Å². The number of hydrogen-bond donors (Lipinski definition) is 1. The third-order valence-electron chi connectivity index (χ3n) is 1.67. The van der Waals surface area contributed by atoms with Gasteiger partial charge in [0.1, 0.15) is 17.6 Å². The Hall–Kier alpha value is -1.13. The van der Waals surface area contributed by atoms with Gasteiger partial charge in [0.15, 0.2) is 5.82 Å². The fourth-order valence-electron chi connectivity index (χ4n) is 1.05. The van der Waals surface area contributed by atoms with Crippen molar-refractivity contribution in [2.45, 2.75) is 13.0 Å². The van der Waals surface area contributed by atoms with Crippen molar-refractivity contribution >= 4 is 17.4 Å². The van der Waals surface area contributed by atoms with Gasteiger partial charge in [0.25, 0.3) is 0 Å².